The first kappa shape index (κ1) is 19.6. The lowest BCUT2D eigenvalue weighted by atomic mass is 10.1. The fourth-order valence-electron chi connectivity index (χ4n) is 2.84. The smallest absolute Gasteiger partial charge is 0.243 e. The van der Waals surface area contributed by atoms with Crippen LogP contribution in [-0.2, 0) is 14.8 Å². The summed E-state index contributed by atoms with van der Waals surface area (Å²) in [6.07, 6.45) is 1.84. The molecule has 0 saturated carbocycles. The van der Waals surface area contributed by atoms with Crippen molar-refractivity contribution in [2.45, 2.75) is 58.4 Å². The molecule has 6 heteroatoms. The van der Waals surface area contributed by atoms with Crippen LogP contribution in [0, 0.1) is 20.8 Å². The Morgan fingerprint density at radius 2 is 1.74 bits per heavy atom. The van der Waals surface area contributed by atoms with Gasteiger partial charge < -0.3 is 5.32 Å². The normalized spacial score (nSPS) is 13.2. The molecule has 1 aromatic carbocycles. The summed E-state index contributed by atoms with van der Waals surface area (Å²) >= 11 is 0. The van der Waals surface area contributed by atoms with E-state index in [0.29, 0.717) is 16.0 Å². The van der Waals surface area contributed by atoms with Gasteiger partial charge in [0.15, 0.2) is 0 Å². The van der Waals surface area contributed by atoms with Crippen molar-refractivity contribution >= 4 is 15.9 Å². The van der Waals surface area contributed by atoms with Crippen LogP contribution in [0.2, 0.25) is 0 Å². The summed E-state index contributed by atoms with van der Waals surface area (Å²) in [6, 6.07) is 3.74. The Hall–Kier alpha value is -1.40. The average Bonchev–Trinajstić information content (AvgIpc) is 2.36. The van der Waals surface area contributed by atoms with Crippen molar-refractivity contribution in [3.05, 3.63) is 28.8 Å². The summed E-state index contributed by atoms with van der Waals surface area (Å²) < 4.78 is 26.7. The number of carbonyl (C=O) groups is 1. The summed E-state index contributed by atoms with van der Waals surface area (Å²) in [5.74, 6) is -0.278. The molecule has 0 saturated heterocycles. The number of benzene rings is 1. The van der Waals surface area contributed by atoms with Crippen LogP contribution in [0.25, 0.3) is 0 Å². The highest BCUT2D eigenvalue weighted by Gasteiger charge is 2.26. The topological polar surface area (TPSA) is 66.5 Å². The standard InChI is InChI=1S/C17H28N2O3S/c1-7-8-15(5)18-16(20)11-19(6)23(21,22)17-13(3)9-12(2)10-14(17)4/h9-10,15H,7-8,11H2,1-6H3,(H,18,20)/t15-/m1/s1. The molecule has 1 N–H and O–H groups in total. The number of hydrogen-bond donors (Lipinski definition) is 1. The van der Waals surface area contributed by atoms with Crippen LogP contribution in [0.4, 0.5) is 0 Å². The molecule has 23 heavy (non-hydrogen) atoms. The van der Waals surface area contributed by atoms with Crippen LogP contribution >= 0.6 is 0 Å². The monoisotopic (exact) mass is 340 g/mol. The lowest BCUT2D eigenvalue weighted by Gasteiger charge is -2.21. The van der Waals surface area contributed by atoms with E-state index in [4.69, 9.17) is 0 Å². The molecule has 0 heterocycles. The molecule has 1 atom stereocenters. The van der Waals surface area contributed by atoms with Gasteiger partial charge in [-0.2, -0.15) is 4.31 Å². The molecule has 1 aromatic rings. The van der Waals surface area contributed by atoms with Crippen LogP contribution in [-0.4, -0.2) is 38.3 Å². The summed E-state index contributed by atoms with van der Waals surface area (Å²) in [6.45, 7) is 9.28. The van der Waals surface area contributed by atoms with Crippen LogP contribution in [0.15, 0.2) is 17.0 Å². The number of aryl methyl sites for hydroxylation is 3. The van der Waals surface area contributed by atoms with Crippen molar-refractivity contribution in [2.24, 2.45) is 0 Å². The number of nitrogens with one attached hydrogen (secondary N) is 1. The van der Waals surface area contributed by atoms with Gasteiger partial charge in [0.05, 0.1) is 11.4 Å². The SMILES string of the molecule is CCC[C@@H](C)NC(=O)CN(C)S(=O)(=O)c1c(C)cc(C)cc1C. The fraction of sp³-hybridized carbons (Fsp3) is 0.588. The first-order valence-electron chi connectivity index (χ1n) is 7.93. The van der Waals surface area contributed by atoms with Gasteiger partial charge in [-0.15, -0.1) is 0 Å². The Balaban J connectivity index is 2.95. The molecule has 5 nitrogen and oxygen atoms in total. The van der Waals surface area contributed by atoms with Crippen molar-refractivity contribution < 1.29 is 13.2 Å². The van der Waals surface area contributed by atoms with Crippen molar-refractivity contribution in [1.29, 1.82) is 0 Å². The highest BCUT2D eigenvalue weighted by atomic mass is 32.2. The van der Waals surface area contributed by atoms with Crippen molar-refractivity contribution in [3.63, 3.8) is 0 Å². The first-order valence-corrected chi connectivity index (χ1v) is 9.37. The summed E-state index contributed by atoms with van der Waals surface area (Å²) in [5, 5.41) is 2.83. The van der Waals surface area contributed by atoms with Gasteiger partial charge >= 0.3 is 0 Å². The molecule has 0 spiro atoms. The van der Waals surface area contributed by atoms with Gasteiger partial charge in [0, 0.05) is 13.1 Å². The summed E-state index contributed by atoms with van der Waals surface area (Å²) in [7, 11) is -2.25. The largest absolute Gasteiger partial charge is 0.353 e. The molecule has 0 aliphatic carbocycles. The Morgan fingerprint density at radius 3 is 2.22 bits per heavy atom. The second-order valence-electron chi connectivity index (χ2n) is 6.25. The quantitative estimate of drug-likeness (QED) is 0.829. The van der Waals surface area contributed by atoms with Gasteiger partial charge in [-0.3, -0.25) is 4.79 Å². The van der Waals surface area contributed by atoms with E-state index >= 15 is 0 Å². The lowest BCUT2D eigenvalue weighted by Crippen LogP contribution is -2.42. The molecule has 0 aromatic heterocycles. The zero-order valence-electron chi connectivity index (χ0n) is 14.9. The van der Waals surface area contributed by atoms with E-state index in [1.54, 1.807) is 13.8 Å². The van der Waals surface area contributed by atoms with Crippen LogP contribution < -0.4 is 5.32 Å². The van der Waals surface area contributed by atoms with Gasteiger partial charge in [-0.05, 0) is 45.2 Å². The van der Waals surface area contributed by atoms with Crippen molar-refractivity contribution in [2.75, 3.05) is 13.6 Å². The Bertz CT molecular complexity index is 645. The maximum atomic E-state index is 12.8. The summed E-state index contributed by atoms with van der Waals surface area (Å²) in [5.41, 5.74) is 2.43. The zero-order valence-corrected chi connectivity index (χ0v) is 15.8. The number of carbonyl (C=O) groups excluding carboxylic acids is 1. The molecule has 0 unspecified atom stereocenters. The van der Waals surface area contributed by atoms with E-state index in [1.165, 1.54) is 7.05 Å². The fourth-order valence-corrected chi connectivity index (χ4v) is 4.37. The average molecular weight is 340 g/mol. The predicted octanol–water partition coefficient (Wildman–Crippen LogP) is 2.54. The third-order valence-corrected chi connectivity index (χ3v) is 5.88. The maximum Gasteiger partial charge on any atom is 0.243 e. The first-order chi connectivity index (χ1) is 10.6. The predicted molar refractivity (Wildman–Crippen MR) is 93.0 cm³/mol. The van der Waals surface area contributed by atoms with E-state index in [2.05, 4.69) is 5.32 Å². The van der Waals surface area contributed by atoms with Gasteiger partial charge in [0.2, 0.25) is 15.9 Å². The van der Waals surface area contributed by atoms with Crippen molar-refractivity contribution in [3.8, 4) is 0 Å². The molecular formula is C17H28N2O3S. The van der Waals surface area contributed by atoms with Crippen LogP contribution in [0.5, 0.6) is 0 Å². The van der Waals surface area contributed by atoms with E-state index in [1.807, 2.05) is 32.9 Å². The Morgan fingerprint density at radius 1 is 1.22 bits per heavy atom. The van der Waals surface area contributed by atoms with Crippen molar-refractivity contribution in [1.82, 2.24) is 9.62 Å². The second kappa shape index (κ2) is 7.93. The van der Waals surface area contributed by atoms with Crippen LogP contribution in [0.3, 0.4) is 0 Å². The number of rotatable bonds is 7. The van der Waals surface area contributed by atoms with Gasteiger partial charge in [-0.25, -0.2) is 8.42 Å². The van der Waals surface area contributed by atoms with E-state index in [0.717, 1.165) is 22.7 Å². The van der Waals surface area contributed by atoms with Gasteiger partial charge in [0.1, 0.15) is 0 Å². The maximum absolute atomic E-state index is 12.8. The third kappa shape index (κ3) is 5.04. The minimum atomic E-state index is -3.69. The summed E-state index contributed by atoms with van der Waals surface area (Å²) in [4.78, 5) is 12.3. The Labute approximate surface area is 140 Å². The zero-order chi connectivity index (χ0) is 17.8. The van der Waals surface area contributed by atoms with E-state index < -0.39 is 10.0 Å². The molecule has 0 bridgehead atoms. The number of sulfonamides is 1. The van der Waals surface area contributed by atoms with E-state index in [9.17, 15) is 13.2 Å². The number of nitrogens with zero attached hydrogens (tertiary/aromatic N) is 1. The minimum absolute atomic E-state index is 0.0476. The molecule has 0 fully saturated rings. The van der Waals surface area contributed by atoms with Gasteiger partial charge in [-0.1, -0.05) is 31.0 Å². The highest BCUT2D eigenvalue weighted by Crippen LogP contribution is 2.24. The molecule has 0 aliphatic rings. The van der Waals surface area contributed by atoms with Crippen LogP contribution in [0.1, 0.15) is 43.4 Å². The molecule has 1 amide bonds. The lowest BCUT2D eigenvalue weighted by molar-refractivity contribution is -0.121. The van der Waals surface area contributed by atoms with Gasteiger partial charge in [0.25, 0.3) is 0 Å². The Kier molecular flexibility index (Phi) is 6.77. The molecular weight excluding hydrogens is 312 g/mol. The van der Waals surface area contributed by atoms with E-state index in [-0.39, 0.29) is 18.5 Å². The molecule has 130 valence electrons. The third-order valence-electron chi connectivity index (χ3n) is 3.77. The minimum Gasteiger partial charge on any atom is -0.353 e. The molecule has 1 rings (SSSR count). The molecule has 0 aliphatic heterocycles. The highest BCUT2D eigenvalue weighted by molar-refractivity contribution is 7.89. The second-order valence-corrected chi connectivity index (χ2v) is 8.23. The number of amides is 1. The molecule has 0 radical (unpaired) electrons. The number of likely N-dealkylation sites (N-methyl/N-ethyl adjacent to an activating group) is 1. The number of hydrogen-bond acceptors (Lipinski definition) is 3.